The van der Waals surface area contributed by atoms with E-state index in [1.165, 1.54) is 14.2 Å². The normalized spacial score (nSPS) is 9.08. The van der Waals surface area contributed by atoms with Gasteiger partial charge in [-0.1, -0.05) is 0 Å². The van der Waals surface area contributed by atoms with Crippen LogP contribution < -0.4 is 0 Å². The molecule has 0 aromatic rings. The molecule has 0 fully saturated rings. The van der Waals surface area contributed by atoms with Gasteiger partial charge in [-0.05, 0) is 6.42 Å². The maximum absolute atomic E-state index is 11.0. The number of rotatable bonds is 4. The Kier molecular flexibility index (Phi) is 5.37. The molecule has 0 saturated carbocycles. The molecule has 0 aliphatic rings. The van der Waals surface area contributed by atoms with Crippen LogP contribution in [0.3, 0.4) is 0 Å². The van der Waals surface area contributed by atoms with Crippen LogP contribution in [0.1, 0.15) is 12.8 Å². The van der Waals surface area contributed by atoms with Crippen molar-refractivity contribution in [3.05, 3.63) is 0 Å². The van der Waals surface area contributed by atoms with Crippen LogP contribution in [-0.2, 0) is 19.1 Å². The van der Waals surface area contributed by atoms with Crippen molar-refractivity contribution in [2.75, 3.05) is 14.2 Å². The van der Waals surface area contributed by atoms with E-state index in [1.54, 1.807) is 0 Å². The number of hydrogen-bond acceptors (Lipinski definition) is 4. The van der Waals surface area contributed by atoms with Crippen molar-refractivity contribution in [1.82, 2.24) is 0 Å². The molecule has 4 heteroatoms. The summed E-state index contributed by atoms with van der Waals surface area (Å²) in [4.78, 5) is 22.1. The number of hydrogen-bond donors (Lipinski definition) is 0. The second-order valence-corrected chi connectivity index (χ2v) is 2.34. The van der Waals surface area contributed by atoms with Gasteiger partial charge in [0.15, 0.2) is 5.92 Å². The Bertz CT molecular complexity index is 210. The van der Waals surface area contributed by atoms with Gasteiger partial charge in [0.2, 0.25) is 0 Å². The van der Waals surface area contributed by atoms with Crippen molar-refractivity contribution >= 4 is 11.9 Å². The molecule has 0 atom stereocenters. The zero-order chi connectivity index (χ0) is 10.3. The van der Waals surface area contributed by atoms with Crippen LogP contribution in [0.5, 0.6) is 0 Å². The molecule has 0 amide bonds. The predicted molar refractivity (Wildman–Crippen MR) is 45.6 cm³/mol. The van der Waals surface area contributed by atoms with Gasteiger partial charge < -0.3 is 9.47 Å². The summed E-state index contributed by atoms with van der Waals surface area (Å²) in [6, 6.07) is 0. The van der Waals surface area contributed by atoms with Crippen LogP contribution in [0.2, 0.25) is 0 Å². The van der Waals surface area contributed by atoms with Crippen molar-refractivity contribution in [2.24, 2.45) is 5.92 Å². The Morgan fingerprint density at radius 2 is 1.77 bits per heavy atom. The highest BCUT2D eigenvalue weighted by Gasteiger charge is 2.27. The zero-order valence-corrected chi connectivity index (χ0v) is 7.70. The van der Waals surface area contributed by atoms with Crippen LogP contribution in [-0.4, -0.2) is 26.2 Å². The van der Waals surface area contributed by atoms with Crippen molar-refractivity contribution in [3.63, 3.8) is 0 Å². The SMILES string of the molecule is C#CCCC(C(=O)OC)C(=O)OC. The first-order chi connectivity index (χ1) is 6.17. The van der Waals surface area contributed by atoms with E-state index in [0.29, 0.717) is 6.42 Å². The molecule has 4 nitrogen and oxygen atoms in total. The van der Waals surface area contributed by atoms with Gasteiger partial charge in [-0.2, -0.15) is 0 Å². The number of terminal acetylenes is 1. The number of esters is 2. The Morgan fingerprint density at radius 3 is 2.08 bits per heavy atom. The average Bonchev–Trinajstić information content (AvgIpc) is 2.17. The third-order valence-electron chi connectivity index (χ3n) is 1.55. The molecule has 0 rings (SSSR count). The third kappa shape index (κ3) is 3.61. The highest BCUT2D eigenvalue weighted by Crippen LogP contribution is 2.09. The van der Waals surface area contributed by atoms with E-state index < -0.39 is 17.9 Å². The number of carbonyl (C=O) groups is 2. The molecule has 0 aromatic heterocycles. The summed E-state index contributed by atoms with van der Waals surface area (Å²) in [5.41, 5.74) is 0. The Morgan fingerprint density at radius 1 is 1.31 bits per heavy atom. The fourth-order valence-electron chi connectivity index (χ4n) is 0.844. The van der Waals surface area contributed by atoms with Crippen molar-refractivity contribution < 1.29 is 19.1 Å². The fraction of sp³-hybridized carbons (Fsp3) is 0.556. The van der Waals surface area contributed by atoms with E-state index in [4.69, 9.17) is 6.42 Å². The first-order valence-corrected chi connectivity index (χ1v) is 3.76. The third-order valence-corrected chi connectivity index (χ3v) is 1.55. The summed E-state index contributed by atoms with van der Waals surface area (Å²) in [5.74, 6) is 0.225. The number of carbonyl (C=O) groups excluding carboxylic acids is 2. The van der Waals surface area contributed by atoms with Crippen LogP contribution in [0.25, 0.3) is 0 Å². The van der Waals surface area contributed by atoms with Gasteiger partial charge in [0.1, 0.15) is 0 Å². The van der Waals surface area contributed by atoms with Crippen LogP contribution in [0.15, 0.2) is 0 Å². The van der Waals surface area contributed by atoms with Gasteiger partial charge >= 0.3 is 11.9 Å². The van der Waals surface area contributed by atoms with E-state index in [2.05, 4.69) is 15.4 Å². The smallest absolute Gasteiger partial charge is 0.320 e. The van der Waals surface area contributed by atoms with E-state index >= 15 is 0 Å². The molecule has 0 heterocycles. The minimum Gasteiger partial charge on any atom is -0.468 e. The minimum atomic E-state index is -0.897. The molecule has 0 N–H and O–H groups in total. The lowest BCUT2D eigenvalue weighted by Gasteiger charge is -2.09. The van der Waals surface area contributed by atoms with Crippen molar-refractivity contribution in [3.8, 4) is 12.3 Å². The quantitative estimate of drug-likeness (QED) is 0.359. The zero-order valence-electron chi connectivity index (χ0n) is 7.70. The van der Waals surface area contributed by atoms with Crippen molar-refractivity contribution in [2.45, 2.75) is 12.8 Å². The molecule has 13 heavy (non-hydrogen) atoms. The fourth-order valence-corrected chi connectivity index (χ4v) is 0.844. The first kappa shape index (κ1) is 11.5. The molecule has 0 aromatic carbocycles. The lowest BCUT2D eigenvalue weighted by molar-refractivity contribution is -0.158. The van der Waals surface area contributed by atoms with Gasteiger partial charge in [-0.15, -0.1) is 12.3 Å². The molecule has 0 unspecified atom stereocenters. The summed E-state index contributed by atoms with van der Waals surface area (Å²) in [5, 5.41) is 0. The molecule has 0 bridgehead atoms. The summed E-state index contributed by atoms with van der Waals surface area (Å²) in [6.07, 6.45) is 5.61. The lowest BCUT2D eigenvalue weighted by atomic mass is 10.0. The van der Waals surface area contributed by atoms with Gasteiger partial charge in [0.05, 0.1) is 14.2 Å². The molecule has 0 aliphatic carbocycles. The Balaban J connectivity index is 4.28. The summed E-state index contributed by atoms with van der Waals surface area (Å²) in [7, 11) is 2.43. The van der Waals surface area contributed by atoms with E-state index in [-0.39, 0.29) is 6.42 Å². The summed E-state index contributed by atoms with van der Waals surface area (Å²) in [6.45, 7) is 0. The molecular formula is C9H12O4. The van der Waals surface area contributed by atoms with Gasteiger partial charge in [0.25, 0.3) is 0 Å². The average molecular weight is 184 g/mol. The van der Waals surface area contributed by atoms with Crippen LogP contribution in [0, 0.1) is 18.3 Å². The largest absolute Gasteiger partial charge is 0.468 e. The molecular weight excluding hydrogens is 172 g/mol. The highest BCUT2D eigenvalue weighted by molar-refractivity contribution is 5.94. The second-order valence-electron chi connectivity index (χ2n) is 2.34. The Labute approximate surface area is 77.2 Å². The summed E-state index contributed by atoms with van der Waals surface area (Å²) >= 11 is 0. The lowest BCUT2D eigenvalue weighted by Crippen LogP contribution is -2.26. The van der Waals surface area contributed by atoms with Gasteiger partial charge in [-0.3, -0.25) is 9.59 Å². The van der Waals surface area contributed by atoms with E-state index in [9.17, 15) is 9.59 Å². The molecule has 0 saturated heterocycles. The highest BCUT2D eigenvalue weighted by atomic mass is 16.5. The van der Waals surface area contributed by atoms with Crippen molar-refractivity contribution in [1.29, 1.82) is 0 Å². The number of methoxy groups -OCH3 is 2. The standard InChI is InChI=1S/C9H12O4/c1-4-5-6-7(8(10)12-2)9(11)13-3/h1,7H,5-6H2,2-3H3. The maximum atomic E-state index is 11.0. The maximum Gasteiger partial charge on any atom is 0.320 e. The second kappa shape index (κ2) is 6.06. The van der Waals surface area contributed by atoms with E-state index in [0.717, 1.165) is 0 Å². The van der Waals surface area contributed by atoms with Gasteiger partial charge in [-0.25, -0.2) is 0 Å². The monoisotopic (exact) mass is 184 g/mol. The molecule has 0 radical (unpaired) electrons. The van der Waals surface area contributed by atoms with Gasteiger partial charge in [0, 0.05) is 6.42 Å². The predicted octanol–water partition coefficient (Wildman–Crippen LogP) is 0.362. The first-order valence-electron chi connectivity index (χ1n) is 3.76. The number of ether oxygens (including phenoxy) is 2. The molecule has 0 aliphatic heterocycles. The molecule has 0 spiro atoms. The Hall–Kier alpha value is -1.50. The summed E-state index contributed by atoms with van der Waals surface area (Å²) < 4.78 is 8.85. The van der Waals surface area contributed by atoms with Crippen LogP contribution >= 0.6 is 0 Å². The molecule has 72 valence electrons. The minimum absolute atomic E-state index is 0.260. The topological polar surface area (TPSA) is 52.6 Å². The van der Waals surface area contributed by atoms with Crippen LogP contribution in [0.4, 0.5) is 0 Å². The van der Waals surface area contributed by atoms with E-state index in [1.807, 2.05) is 0 Å².